The summed E-state index contributed by atoms with van der Waals surface area (Å²) < 4.78 is 5.59. The van der Waals surface area contributed by atoms with Gasteiger partial charge >= 0.3 is 0 Å². The van der Waals surface area contributed by atoms with E-state index < -0.39 is 0 Å². The van der Waals surface area contributed by atoms with Crippen molar-refractivity contribution in [2.75, 3.05) is 19.8 Å². The fourth-order valence-electron chi connectivity index (χ4n) is 1.22. The monoisotopic (exact) mass is 215 g/mol. The molecule has 0 saturated heterocycles. The van der Waals surface area contributed by atoms with Crippen molar-refractivity contribution in [2.45, 2.75) is 54.0 Å². The van der Waals surface area contributed by atoms with Crippen LogP contribution in [0.15, 0.2) is 0 Å². The molecule has 0 fully saturated rings. The van der Waals surface area contributed by atoms with E-state index in [1.807, 2.05) is 0 Å². The molecule has 0 aromatic heterocycles. The van der Waals surface area contributed by atoms with Gasteiger partial charge in [0, 0.05) is 24.1 Å². The van der Waals surface area contributed by atoms with E-state index >= 15 is 0 Å². The zero-order chi connectivity index (χ0) is 12.1. The van der Waals surface area contributed by atoms with E-state index in [1.54, 1.807) is 0 Å². The molecule has 1 N–H and O–H groups in total. The first-order valence-electron chi connectivity index (χ1n) is 6.04. The third-order valence-electron chi connectivity index (χ3n) is 3.05. The van der Waals surface area contributed by atoms with Crippen molar-refractivity contribution in [1.82, 2.24) is 5.32 Å². The summed E-state index contributed by atoms with van der Waals surface area (Å²) in [6.07, 6.45) is 0. The predicted molar refractivity (Wildman–Crippen MR) is 67.2 cm³/mol. The van der Waals surface area contributed by atoms with Gasteiger partial charge in [-0.3, -0.25) is 0 Å². The maximum absolute atomic E-state index is 5.59. The van der Waals surface area contributed by atoms with Crippen molar-refractivity contribution in [3.63, 3.8) is 0 Å². The van der Waals surface area contributed by atoms with Crippen LogP contribution in [0.3, 0.4) is 0 Å². The SMILES string of the molecule is CCOCC(C)(CNC(C)(C)C)C(C)C. The molecule has 0 aromatic carbocycles. The minimum atomic E-state index is 0.183. The zero-order valence-corrected chi connectivity index (χ0v) is 11.6. The Kier molecular flexibility index (Phi) is 5.82. The molecule has 2 heteroatoms. The van der Waals surface area contributed by atoms with Crippen molar-refractivity contribution >= 4 is 0 Å². The van der Waals surface area contributed by atoms with Crippen molar-refractivity contribution in [2.24, 2.45) is 11.3 Å². The zero-order valence-electron chi connectivity index (χ0n) is 11.6. The molecule has 0 aromatic rings. The van der Waals surface area contributed by atoms with Crippen LogP contribution in [0, 0.1) is 11.3 Å². The maximum atomic E-state index is 5.59. The quantitative estimate of drug-likeness (QED) is 0.735. The number of rotatable bonds is 6. The van der Waals surface area contributed by atoms with Gasteiger partial charge in [-0.25, -0.2) is 0 Å². The topological polar surface area (TPSA) is 21.3 Å². The van der Waals surface area contributed by atoms with E-state index in [0.29, 0.717) is 5.92 Å². The van der Waals surface area contributed by atoms with Crippen LogP contribution >= 0.6 is 0 Å². The Bertz CT molecular complexity index is 172. The molecule has 1 unspecified atom stereocenters. The Balaban J connectivity index is 4.25. The first-order valence-corrected chi connectivity index (χ1v) is 6.04. The van der Waals surface area contributed by atoms with E-state index in [2.05, 4.69) is 53.8 Å². The number of nitrogens with one attached hydrogen (secondary N) is 1. The predicted octanol–water partition coefficient (Wildman–Crippen LogP) is 3.07. The van der Waals surface area contributed by atoms with Gasteiger partial charge in [0.15, 0.2) is 0 Å². The Morgan fingerprint density at radius 3 is 2.00 bits per heavy atom. The second kappa shape index (κ2) is 5.86. The Morgan fingerprint density at radius 2 is 1.67 bits per heavy atom. The normalized spacial score (nSPS) is 16.8. The first-order chi connectivity index (χ1) is 6.71. The van der Waals surface area contributed by atoms with Crippen LogP contribution in [0.5, 0.6) is 0 Å². The van der Waals surface area contributed by atoms with E-state index in [4.69, 9.17) is 4.74 Å². The molecule has 0 aliphatic heterocycles. The minimum Gasteiger partial charge on any atom is -0.381 e. The standard InChI is InChI=1S/C13H29NO/c1-8-15-10-13(7,11(2)3)9-14-12(4,5)6/h11,14H,8-10H2,1-7H3. The highest BCUT2D eigenvalue weighted by Gasteiger charge is 2.29. The summed E-state index contributed by atoms with van der Waals surface area (Å²) in [5, 5.41) is 3.57. The van der Waals surface area contributed by atoms with Gasteiger partial charge in [-0.2, -0.15) is 0 Å². The molecule has 2 nitrogen and oxygen atoms in total. The van der Waals surface area contributed by atoms with Crippen molar-refractivity contribution in [3.8, 4) is 0 Å². The molecule has 15 heavy (non-hydrogen) atoms. The lowest BCUT2D eigenvalue weighted by molar-refractivity contribution is 0.0290. The molecular formula is C13H29NO. The van der Waals surface area contributed by atoms with Gasteiger partial charge in [0.1, 0.15) is 0 Å². The van der Waals surface area contributed by atoms with Gasteiger partial charge in [0.05, 0.1) is 6.61 Å². The largest absolute Gasteiger partial charge is 0.381 e. The molecule has 0 bridgehead atoms. The second-order valence-corrected chi connectivity index (χ2v) is 6.05. The Morgan fingerprint density at radius 1 is 1.13 bits per heavy atom. The van der Waals surface area contributed by atoms with Crippen molar-refractivity contribution < 1.29 is 4.74 Å². The molecule has 0 heterocycles. The summed E-state index contributed by atoms with van der Waals surface area (Å²) in [7, 11) is 0. The number of ether oxygens (including phenoxy) is 1. The molecule has 0 rings (SSSR count). The van der Waals surface area contributed by atoms with Crippen LogP contribution in [-0.4, -0.2) is 25.3 Å². The van der Waals surface area contributed by atoms with E-state index in [0.717, 1.165) is 19.8 Å². The van der Waals surface area contributed by atoms with Crippen LogP contribution < -0.4 is 5.32 Å². The average molecular weight is 215 g/mol. The van der Waals surface area contributed by atoms with Crippen molar-refractivity contribution in [1.29, 1.82) is 0 Å². The summed E-state index contributed by atoms with van der Waals surface area (Å²) in [6.45, 7) is 18.1. The van der Waals surface area contributed by atoms with Crippen LogP contribution in [-0.2, 0) is 4.74 Å². The van der Waals surface area contributed by atoms with Crippen LogP contribution in [0.1, 0.15) is 48.5 Å². The molecule has 1 atom stereocenters. The van der Waals surface area contributed by atoms with Gasteiger partial charge in [-0.1, -0.05) is 20.8 Å². The highest BCUT2D eigenvalue weighted by molar-refractivity contribution is 4.83. The lowest BCUT2D eigenvalue weighted by Crippen LogP contribution is -2.46. The fourth-order valence-corrected chi connectivity index (χ4v) is 1.22. The van der Waals surface area contributed by atoms with E-state index in [9.17, 15) is 0 Å². The molecule has 0 spiro atoms. The third-order valence-corrected chi connectivity index (χ3v) is 3.05. The van der Waals surface area contributed by atoms with Crippen LogP contribution in [0.4, 0.5) is 0 Å². The molecule has 0 amide bonds. The highest BCUT2D eigenvalue weighted by atomic mass is 16.5. The highest BCUT2D eigenvalue weighted by Crippen LogP contribution is 2.27. The second-order valence-electron chi connectivity index (χ2n) is 6.05. The van der Waals surface area contributed by atoms with Gasteiger partial charge < -0.3 is 10.1 Å². The van der Waals surface area contributed by atoms with Gasteiger partial charge in [0.2, 0.25) is 0 Å². The molecule has 92 valence electrons. The number of hydrogen-bond donors (Lipinski definition) is 1. The van der Waals surface area contributed by atoms with Crippen molar-refractivity contribution in [3.05, 3.63) is 0 Å². The molecular weight excluding hydrogens is 186 g/mol. The van der Waals surface area contributed by atoms with Crippen LogP contribution in [0.25, 0.3) is 0 Å². The summed E-state index contributed by atoms with van der Waals surface area (Å²) in [5.74, 6) is 0.624. The van der Waals surface area contributed by atoms with Crippen LogP contribution in [0.2, 0.25) is 0 Å². The fraction of sp³-hybridized carbons (Fsp3) is 1.00. The Labute approximate surface area is 95.8 Å². The maximum Gasteiger partial charge on any atom is 0.0534 e. The van der Waals surface area contributed by atoms with E-state index in [-0.39, 0.29) is 11.0 Å². The minimum absolute atomic E-state index is 0.183. The van der Waals surface area contributed by atoms with Gasteiger partial charge in [0.25, 0.3) is 0 Å². The average Bonchev–Trinajstić information content (AvgIpc) is 2.10. The number of hydrogen-bond acceptors (Lipinski definition) is 2. The summed E-state index contributed by atoms with van der Waals surface area (Å²) in [4.78, 5) is 0. The van der Waals surface area contributed by atoms with Gasteiger partial charge in [-0.15, -0.1) is 0 Å². The third kappa shape index (κ3) is 6.16. The molecule has 0 aliphatic carbocycles. The smallest absolute Gasteiger partial charge is 0.0534 e. The van der Waals surface area contributed by atoms with E-state index in [1.165, 1.54) is 0 Å². The Hall–Kier alpha value is -0.0800. The molecule has 0 aliphatic rings. The van der Waals surface area contributed by atoms with Gasteiger partial charge in [-0.05, 0) is 33.6 Å². The molecule has 0 radical (unpaired) electrons. The summed E-state index contributed by atoms with van der Waals surface area (Å²) in [5.41, 5.74) is 0.408. The summed E-state index contributed by atoms with van der Waals surface area (Å²) in [6, 6.07) is 0. The first kappa shape index (κ1) is 14.9. The molecule has 0 saturated carbocycles. The lowest BCUT2D eigenvalue weighted by atomic mass is 9.79. The lowest BCUT2D eigenvalue weighted by Gasteiger charge is -2.36. The summed E-state index contributed by atoms with van der Waals surface area (Å²) >= 11 is 0.